The van der Waals surface area contributed by atoms with Crippen LogP contribution in [0, 0.1) is 0 Å². The molecule has 2 aliphatic heterocycles. The number of aliphatic hydroxyl groups excluding tert-OH is 5. The van der Waals surface area contributed by atoms with Crippen LogP contribution in [0.5, 0.6) is 0 Å². The maximum Gasteiger partial charge on any atom is 0.330 e. The lowest BCUT2D eigenvalue weighted by Crippen LogP contribution is -2.60. The molecule has 3 heterocycles. The Balaban J connectivity index is 2.18. The normalized spacial score (nSPS) is 43.1. The van der Waals surface area contributed by atoms with E-state index in [9.17, 15) is 35.1 Å². The third-order valence-corrected chi connectivity index (χ3v) is 4.75. The number of hydrogen-bond acceptors (Lipinski definition) is 9. The van der Waals surface area contributed by atoms with Crippen molar-refractivity contribution in [3.05, 3.63) is 33.1 Å². The lowest BCUT2D eigenvalue weighted by molar-refractivity contribution is -0.224. The predicted molar refractivity (Wildman–Crippen MR) is 79.9 cm³/mol. The molecule has 8 atom stereocenters. The molecule has 0 aromatic carbocycles. The summed E-state index contributed by atoms with van der Waals surface area (Å²) in [6.07, 6.45) is -11.3. The van der Waals surface area contributed by atoms with Crippen LogP contribution in [0.3, 0.4) is 0 Å². The molecule has 0 spiro atoms. The largest absolute Gasteiger partial charge is 0.394 e. The zero-order chi connectivity index (χ0) is 19.2. The van der Waals surface area contributed by atoms with Crippen molar-refractivity contribution in [3.63, 3.8) is 0 Å². The number of rotatable bonds is 4. The summed E-state index contributed by atoms with van der Waals surface area (Å²) in [6.45, 7) is -1.52. The zero-order valence-corrected chi connectivity index (χ0v) is 13.3. The van der Waals surface area contributed by atoms with Crippen LogP contribution in [0.2, 0.25) is 0 Å². The van der Waals surface area contributed by atoms with Gasteiger partial charge in [0, 0.05) is 12.3 Å². The van der Waals surface area contributed by atoms with Crippen molar-refractivity contribution in [2.24, 2.45) is 0 Å². The van der Waals surface area contributed by atoms with E-state index in [1.54, 1.807) is 0 Å². The second kappa shape index (κ2) is 6.81. The van der Waals surface area contributed by atoms with Gasteiger partial charge >= 0.3 is 5.69 Å². The van der Waals surface area contributed by atoms with E-state index in [1.165, 1.54) is 0 Å². The van der Waals surface area contributed by atoms with E-state index in [0.29, 0.717) is 4.57 Å². The van der Waals surface area contributed by atoms with Gasteiger partial charge in [-0.1, -0.05) is 0 Å². The number of hydrogen-bond donors (Lipinski definition) is 6. The molecule has 11 nitrogen and oxygen atoms in total. The Morgan fingerprint density at radius 2 is 1.77 bits per heavy atom. The third kappa shape index (κ3) is 2.62. The average molecular weight is 378 g/mol. The third-order valence-electron chi connectivity index (χ3n) is 4.75. The van der Waals surface area contributed by atoms with Crippen molar-refractivity contribution in [2.45, 2.75) is 48.5 Å². The van der Waals surface area contributed by atoms with E-state index in [-0.39, 0.29) is 0 Å². The molecule has 2 fully saturated rings. The molecule has 2 saturated heterocycles. The highest BCUT2D eigenvalue weighted by molar-refractivity contribution is 5.10. The first-order valence-electron chi connectivity index (χ1n) is 7.83. The highest BCUT2D eigenvalue weighted by atomic mass is 19.1. The minimum atomic E-state index is -2.50. The number of halogens is 1. The zero-order valence-electron chi connectivity index (χ0n) is 13.3. The molecular weight excluding hydrogens is 359 g/mol. The van der Waals surface area contributed by atoms with Crippen LogP contribution in [0.25, 0.3) is 0 Å². The molecule has 6 N–H and O–H groups in total. The monoisotopic (exact) mass is 378 g/mol. The summed E-state index contributed by atoms with van der Waals surface area (Å²) in [5.74, 6) is 0. The smallest absolute Gasteiger partial charge is 0.330 e. The van der Waals surface area contributed by atoms with E-state index in [0.717, 1.165) is 12.3 Å². The van der Waals surface area contributed by atoms with Gasteiger partial charge in [-0.05, 0) is 0 Å². The van der Waals surface area contributed by atoms with Gasteiger partial charge in [0.05, 0.1) is 13.2 Å². The minimum Gasteiger partial charge on any atom is -0.394 e. The number of aromatic nitrogens is 2. The fraction of sp³-hybridized carbons (Fsp3) is 0.714. The summed E-state index contributed by atoms with van der Waals surface area (Å²) in [6, 6.07) is 0.888. The highest BCUT2D eigenvalue weighted by Crippen LogP contribution is 2.45. The average Bonchev–Trinajstić information content (AvgIpc) is 3.04. The number of ether oxygens (including phenoxy) is 2. The Morgan fingerprint density at radius 1 is 1.12 bits per heavy atom. The van der Waals surface area contributed by atoms with E-state index >= 15 is 4.39 Å². The summed E-state index contributed by atoms with van der Waals surface area (Å²) < 4.78 is 26.5. The SMILES string of the molecule is O=c1ccn([C@]2(C3O[C@H](CO)[C@@H](O)[C@@H]3O)O[C@H](CO)[C@@H](O)[C@H]2F)c(=O)[nH]1. The Kier molecular flexibility index (Phi) is 5.00. The van der Waals surface area contributed by atoms with Gasteiger partial charge < -0.3 is 35.0 Å². The number of nitrogens with one attached hydrogen (secondary N) is 1. The van der Waals surface area contributed by atoms with Gasteiger partial charge in [-0.25, -0.2) is 9.18 Å². The van der Waals surface area contributed by atoms with Crippen molar-refractivity contribution in [2.75, 3.05) is 13.2 Å². The van der Waals surface area contributed by atoms with Gasteiger partial charge in [-0.3, -0.25) is 14.3 Å². The van der Waals surface area contributed by atoms with Gasteiger partial charge in [0.1, 0.15) is 36.6 Å². The van der Waals surface area contributed by atoms with Crippen molar-refractivity contribution >= 4 is 0 Å². The standard InChI is InChI=1S/C14H19FN2O9/c15-11-9(22)6(4-19)26-14(11,17-2-1-7(20)16-13(17)24)12-10(23)8(21)5(3-18)25-12/h1-2,5-6,8-12,18-19,21-23H,3-4H2,(H,16,20,24)/t5-,6-,8-,9-,10+,11-,12?,14+/m1/s1. The number of aromatic amines is 1. The summed E-state index contributed by atoms with van der Waals surface area (Å²) in [5.41, 5.74) is -4.41. The Morgan fingerprint density at radius 3 is 2.27 bits per heavy atom. The van der Waals surface area contributed by atoms with E-state index in [2.05, 4.69) is 0 Å². The molecule has 1 unspecified atom stereocenters. The highest BCUT2D eigenvalue weighted by Gasteiger charge is 2.66. The van der Waals surface area contributed by atoms with E-state index in [1.807, 2.05) is 4.98 Å². The first kappa shape index (κ1) is 19.1. The fourth-order valence-electron chi connectivity index (χ4n) is 3.44. The summed E-state index contributed by atoms with van der Waals surface area (Å²) in [4.78, 5) is 25.5. The molecule has 1 aromatic heterocycles. The molecule has 0 saturated carbocycles. The topological polar surface area (TPSA) is 174 Å². The molecular formula is C14H19FN2O9. The van der Waals surface area contributed by atoms with E-state index < -0.39 is 73.0 Å². The Hall–Kier alpha value is -1.67. The molecule has 2 aliphatic rings. The van der Waals surface area contributed by atoms with Crippen LogP contribution in [0.1, 0.15) is 0 Å². The molecule has 0 aliphatic carbocycles. The van der Waals surface area contributed by atoms with Crippen LogP contribution in [-0.2, 0) is 15.2 Å². The van der Waals surface area contributed by atoms with Crippen LogP contribution in [-0.4, -0.2) is 91.1 Å². The maximum absolute atomic E-state index is 15.2. The summed E-state index contributed by atoms with van der Waals surface area (Å²) in [7, 11) is 0. The summed E-state index contributed by atoms with van der Waals surface area (Å²) in [5, 5.41) is 48.9. The van der Waals surface area contributed by atoms with Crippen LogP contribution in [0.4, 0.5) is 4.39 Å². The van der Waals surface area contributed by atoms with Gasteiger partial charge in [0.2, 0.25) is 5.72 Å². The number of aliphatic hydroxyl groups is 5. The second-order valence-electron chi connectivity index (χ2n) is 6.22. The van der Waals surface area contributed by atoms with Crippen molar-refractivity contribution in [1.29, 1.82) is 0 Å². The minimum absolute atomic E-state index is 0.582. The van der Waals surface area contributed by atoms with Crippen LogP contribution < -0.4 is 11.2 Å². The Labute approximate surface area is 144 Å². The number of nitrogens with zero attached hydrogens (tertiary/aromatic N) is 1. The molecule has 146 valence electrons. The first-order chi connectivity index (χ1) is 12.3. The molecule has 0 radical (unpaired) electrons. The number of H-pyrrole nitrogens is 1. The first-order valence-corrected chi connectivity index (χ1v) is 7.83. The fourth-order valence-corrected chi connectivity index (χ4v) is 3.44. The van der Waals surface area contributed by atoms with Crippen LogP contribution >= 0.6 is 0 Å². The lowest BCUT2D eigenvalue weighted by atomic mass is 9.93. The van der Waals surface area contributed by atoms with Gasteiger partial charge in [-0.2, -0.15) is 0 Å². The lowest BCUT2D eigenvalue weighted by Gasteiger charge is -2.38. The van der Waals surface area contributed by atoms with E-state index in [4.69, 9.17) is 9.47 Å². The Bertz CT molecular complexity index is 769. The van der Waals surface area contributed by atoms with Gasteiger partial charge in [0.15, 0.2) is 6.17 Å². The second-order valence-corrected chi connectivity index (χ2v) is 6.22. The van der Waals surface area contributed by atoms with Crippen molar-refractivity contribution in [3.8, 4) is 0 Å². The maximum atomic E-state index is 15.2. The number of alkyl halides is 1. The predicted octanol–water partition coefficient (Wildman–Crippen LogP) is -4.24. The van der Waals surface area contributed by atoms with Crippen LogP contribution in [0.15, 0.2) is 21.9 Å². The molecule has 26 heavy (non-hydrogen) atoms. The molecule has 3 rings (SSSR count). The molecule has 12 heteroatoms. The molecule has 0 amide bonds. The molecule has 1 aromatic rings. The van der Waals surface area contributed by atoms with Gasteiger partial charge in [0.25, 0.3) is 5.56 Å². The summed E-state index contributed by atoms with van der Waals surface area (Å²) >= 11 is 0. The van der Waals surface area contributed by atoms with Crippen molar-refractivity contribution in [1.82, 2.24) is 9.55 Å². The molecule has 0 bridgehead atoms. The van der Waals surface area contributed by atoms with Gasteiger partial charge in [-0.15, -0.1) is 0 Å². The van der Waals surface area contributed by atoms with Crippen molar-refractivity contribution < 1.29 is 39.4 Å². The quantitative estimate of drug-likeness (QED) is 0.303.